The van der Waals surface area contributed by atoms with Gasteiger partial charge in [-0.15, -0.1) is 11.3 Å². The van der Waals surface area contributed by atoms with E-state index in [1.165, 1.54) is 11.3 Å². The van der Waals surface area contributed by atoms with Crippen molar-refractivity contribution in [1.29, 1.82) is 0 Å². The Morgan fingerprint density at radius 2 is 2.07 bits per heavy atom. The smallest absolute Gasteiger partial charge is 0.256 e. The first-order valence-electron chi connectivity index (χ1n) is 8.98. The van der Waals surface area contributed by atoms with E-state index in [-0.39, 0.29) is 12.4 Å². The molecule has 1 saturated heterocycles. The quantitative estimate of drug-likeness (QED) is 0.407. The third kappa shape index (κ3) is 2.76. The maximum absolute atomic E-state index is 12.9. The number of nitrogens with zero attached hydrogens (tertiary/aromatic N) is 3. The first-order chi connectivity index (χ1) is 14.0. The summed E-state index contributed by atoms with van der Waals surface area (Å²) in [6.07, 6.45) is 1.55. The number of benzene rings is 1. The summed E-state index contributed by atoms with van der Waals surface area (Å²) in [6, 6.07) is 13.0. The lowest BCUT2D eigenvalue weighted by molar-refractivity contribution is -0.123. The van der Waals surface area contributed by atoms with E-state index in [2.05, 4.69) is 10.1 Å². The monoisotopic (exact) mass is 404 g/mol. The fraction of sp³-hybridized carbons (Fsp3) is 0.143. The number of rotatable bonds is 5. The van der Waals surface area contributed by atoms with E-state index in [4.69, 9.17) is 10.5 Å². The maximum Gasteiger partial charge on any atom is 0.256 e. The fourth-order valence-electron chi connectivity index (χ4n) is 3.44. The van der Waals surface area contributed by atoms with Gasteiger partial charge in [-0.3, -0.25) is 9.59 Å². The number of carbonyl (C=O) groups is 2. The number of fused-ring (bicyclic) bond motifs is 1. The van der Waals surface area contributed by atoms with E-state index < -0.39 is 11.5 Å². The van der Waals surface area contributed by atoms with Gasteiger partial charge in [0.1, 0.15) is 0 Å². The second-order valence-corrected chi connectivity index (χ2v) is 7.89. The van der Waals surface area contributed by atoms with Gasteiger partial charge in [0.25, 0.3) is 5.91 Å². The molecule has 0 saturated carbocycles. The van der Waals surface area contributed by atoms with Crippen molar-refractivity contribution in [2.75, 3.05) is 6.61 Å². The molecule has 1 aromatic carbocycles. The van der Waals surface area contributed by atoms with Crippen LogP contribution in [0.2, 0.25) is 0 Å². The zero-order chi connectivity index (χ0) is 20.2. The Bertz CT molecular complexity index is 1270. The maximum atomic E-state index is 12.9. The normalized spacial score (nSPS) is 18.1. The van der Waals surface area contributed by atoms with Crippen LogP contribution in [0.3, 0.4) is 0 Å². The number of ether oxygens (including phenoxy) is 1. The van der Waals surface area contributed by atoms with Crippen LogP contribution in [0.5, 0.6) is 0 Å². The number of epoxide rings is 1. The van der Waals surface area contributed by atoms with Crippen LogP contribution in [0.4, 0.5) is 0 Å². The van der Waals surface area contributed by atoms with Crippen LogP contribution in [0, 0.1) is 6.92 Å². The number of thiophene rings is 1. The number of nitrogens with two attached hydrogens (primary N) is 1. The Balaban J connectivity index is 1.65. The molecule has 4 aromatic rings. The molecule has 144 valence electrons. The van der Waals surface area contributed by atoms with E-state index in [9.17, 15) is 9.59 Å². The van der Waals surface area contributed by atoms with Crippen molar-refractivity contribution in [3.63, 3.8) is 0 Å². The number of aromatic nitrogens is 3. The van der Waals surface area contributed by atoms with Crippen LogP contribution >= 0.6 is 11.3 Å². The predicted octanol–water partition coefficient (Wildman–Crippen LogP) is 2.71. The van der Waals surface area contributed by atoms with Gasteiger partial charge in [0.2, 0.25) is 5.78 Å². The molecular weight excluding hydrogens is 388 g/mol. The molecule has 1 fully saturated rings. The largest absolute Gasteiger partial charge is 0.367 e. The van der Waals surface area contributed by atoms with Crippen molar-refractivity contribution in [2.24, 2.45) is 5.73 Å². The third-order valence-corrected chi connectivity index (χ3v) is 5.91. The van der Waals surface area contributed by atoms with E-state index in [1.807, 2.05) is 48.7 Å². The second-order valence-electron chi connectivity index (χ2n) is 6.94. The molecule has 0 bridgehead atoms. The molecule has 3 aromatic heterocycles. The third-order valence-electron chi connectivity index (χ3n) is 5.05. The molecule has 2 N–H and O–H groups in total. The zero-order valence-electron chi connectivity index (χ0n) is 15.5. The summed E-state index contributed by atoms with van der Waals surface area (Å²) in [5.74, 6) is -0.611. The standard InChI is InChI=1S/C21H16N4O3S/c1-12-8-16(13-4-2-5-14(9-13)21(11-28-21)20(22)27)25-19(24-12)15(10-23-25)18(26)17-6-3-7-29-17/h2-10H,11H2,1H3,(H2,22,27). The summed E-state index contributed by atoms with van der Waals surface area (Å²) in [6.45, 7) is 2.15. The van der Waals surface area contributed by atoms with Crippen LogP contribution in [0.15, 0.2) is 54.0 Å². The number of amides is 1. The zero-order valence-corrected chi connectivity index (χ0v) is 16.3. The molecule has 1 aliphatic heterocycles. The van der Waals surface area contributed by atoms with Crippen LogP contribution in [-0.2, 0) is 15.1 Å². The number of ketones is 1. The predicted molar refractivity (Wildman–Crippen MR) is 108 cm³/mol. The molecule has 0 aliphatic carbocycles. The Hall–Kier alpha value is -3.36. The van der Waals surface area contributed by atoms with E-state index in [0.717, 1.165) is 17.0 Å². The summed E-state index contributed by atoms with van der Waals surface area (Å²) in [4.78, 5) is 29.9. The highest BCUT2D eigenvalue weighted by atomic mass is 32.1. The lowest BCUT2D eigenvalue weighted by atomic mass is 9.96. The molecule has 29 heavy (non-hydrogen) atoms. The Kier molecular flexibility index (Phi) is 3.87. The first kappa shape index (κ1) is 17.7. The van der Waals surface area contributed by atoms with Crippen molar-refractivity contribution in [3.8, 4) is 11.3 Å². The Morgan fingerprint density at radius 1 is 1.24 bits per heavy atom. The second kappa shape index (κ2) is 6.33. The molecule has 0 radical (unpaired) electrons. The van der Waals surface area contributed by atoms with Crippen molar-refractivity contribution in [3.05, 3.63) is 75.7 Å². The average molecular weight is 404 g/mol. The number of aryl methyl sites for hydroxylation is 1. The molecule has 1 amide bonds. The molecule has 1 unspecified atom stereocenters. The molecule has 0 spiro atoms. The highest BCUT2D eigenvalue weighted by Crippen LogP contribution is 2.39. The minimum atomic E-state index is -1.05. The number of primary amides is 1. The van der Waals surface area contributed by atoms with Gasteiger partial charge in [-0.1, -0.05) is 24.3 Å². The van der Waals surface area contributed by atoms with Crippen molar-refractivity contribution in [2.45, 2.75) is 12.5 Å². The number of hydrogen-bond acceptors (Lipinski definition) is 6. The van der Waals surface area contributed by atoms with Gasteiger partial charge in [-0.25, -0.2) is 9.50 Å². The van der Waals surface area contributed by atoms with Crippen LogP contribution in [0.1, 0.15) is 26.5 Å². The summed E-state index contributed by atoms with van der Waals surface area (Å²) in [5, 5.41) is 6.29. The summed E-state index contributed by atoms with van der Waals surface area (Å²) >= 11 is 1.38. The average Bonchev–Trinajstić information content (AvgIpc) is 3.16. The van der Waals surface area contributed by atoms with Gasteiger partial charge in [0.15, 0.2) is 11.2 Å². The van der Waals surface area contributed by atoms with Crippen LogP contribution in [-0.4, -0.2) is 32.9 Å². The SMILES string of the molecule is Cc1cc(-c2cccc(C3(C(N)=O)CO3)c2)n2ncc(C(=O)c3cccs3)c2n1. The lowest BCUT2D eigenvalue weighted by Crippen LogP contribution is -2.29. The molecule has 5 rings (SSSR count). The van der Waals surface area contributed by atoms with Crippen molar-refractivity contribution >= 4 is 28.7 Å². The fourth-order valence-corrected chi connectivity index (χ4v) is 4.12. The molecule has 4 heterocycles. The van der Waals surface area contributed by atoms with Gasteiger partial charge < -0.3 is 10.5 Å². The first-order valence-corrected chi connectivity index (χ1v) is 9.86. The number of hydrogen-bond donors (Lipinski definition) is 1. The summed E-state index contributed by atoms with van der Waals surface area (Å²) in [5.41, 5.74) is 8.46. The van der Waals surface area contributed by atoms with Crippen LogP contribution < -0.4 is 5.73 Å². The Labute approximate surface area is 169 Å². The summed E-state index contributed by atoms with van der Waals surface area (Å²) in [7, 11) is 0. The summed E-state index contributed by atoms with van der Waals surface area (Å²) < 4.78 is 7.02. The molecule has 1 atom stereocenters. The highest BCUT2D eigenvalue weighted by molar-refractivity contribution is 7.12. The molecular formula is C21H16N4O3S. The van der Waals surface area contributed by atoms with E-state index in [1.54, 1.807) is 16.8 Å². The molecule has 7 nitrogen and oxygen atoms in total. The van der Waals surface area contributed by atoms with Gasteiger partial charge in [0, 0.05) is 11.3 Å². The van der Waals surface area contributed by atoms with Crippen LogP contribution in [0.25, 0.3) is 16.9 Å². The Morgan fingerprint density at radius 3 is 2.76 bits per heavy atom. The highest BCUT2D eigenvalue weighted by Gasteiger charge is 2.52. The molecule has 1 aliphatic rings. The van der Waals surface area contributed by atoms with E-state index >= 15 is 0 Å². The molecule has 8 heteroatoms. The van der Waals surface area contributed by atoms with Crippen molar-refractivity contribution in [1.82, 2.24) is 14.6 Å². The lowest BCUT2D eigenvalue weighted by Gasteiger charge is -2.11. The number of carbonyl (C=O) groups excluding carboxylic acids is 2. The minimum Gasteiger partial charge on any atom is -0.367 e. The van der Waals surface area contributed by atoms with E-state index in [0.29, 0.717) is 21.7 Å². The van der Waals surface area contributed by atoms with Gasteiger partial charge >= 0.3 is 0 Å². The van der Waals surface area contributed by atoms with Gasteiger partial charge in [0.05, 0.1) is 28.9 Å². The van der Waals surface area contributed by atoms with Gasteiger partial charge in [-0.2, -0.15) is 5.10 Å². The minimum absolute atomic E-state index is 0.105. The van der Waals surface area contributed by atoms with Crippen molar-refractivity contribution < 1.29 is 14.3 Å². The van der Waals surface area contributed by atoms with Gasteiger partial charge in [-0.05, 0) is 36.1 Å². The topological polar surface area (TPSA) is 103 Å².